The molecular weight excluding hydrogens is 815 g/mol. The van der Waals surface area contributed by atoms with Gasteiger partial charge >= 0.3 is 5.97 Å². The minimum Gasteiger partial charge on any atom is -0.460 e. The quantitative estimate of drug-likeness (QED) is 0.115. The number of anilines is 2. The molecule has 0 aliphatic carbocycles. The van der Waals surface area contributed by atoms with Crippen molar-refractivity contribution in [1.29, 1.82) is 0 Å². The summed E-state index contributed by atoms with van der Waals surface area (Å²) in [4.78, 5) is 19.5. The molecule has 5 N–H and O–H groups in total. The van der Waals surface area contributed by atoms with E-state index >= 15 is 0 Å². The van der Waals surface area contributed by atoms with Crippen LogP contribution in [-0.2, 0) is 42.7 Å². The summed E-state index contributed by atoms with van der Waals surface area (Å²) in [6, 6.07) is 27.1. The third-order valence-electron chi connectivity index (χ3n) is 9.98. The fraction of sp³-hybridized carbons (Fsp3) is 0.375. The predicted molar refractivity (Wildman–Crippen MR) is 215 cm³/mol. The summed E-state index contributed by atoms with van der Waals surface area (Å²) >= 11 is 2.19. The molecule has 2 fully saturated rings. The van der Waals surface area contributed by atoms with Gasteiger partial charge < -0.3 is 35.5 Å². The molecule has 15 heteroatoms. The van der Waals surface area contributed by atoms with Crippen LogP contribution in [0.15, 0.2) is 97.6 Å². The highest BCUT2D eigenvalue weighted by molar-refractivity contribution is 14.1. The van der Waals surface area contributed by atoms with Gasteiger partial charge in [0, 0.05) is 11.8 Å². The summed E-state index contributed by atoms with van der Waals surface area (Å²) < 4.78 is 27.6. The number of esters is 1. The van der Waals surface area contributed by atoms with Gasteiger partial charge in [-0.25, -0.2) is 23.8 Å². The number of rotatable bonds is 9. The number of hydrogen-bond donors (Lipinski definition) is 3. The highest BCUT2D eigenvalue weighted by Crippen LogP contribution is 2.44. The summed E-state index contributed by atoms with van der Waals surface area (Å²) in [5.74, 6) is -0.838. The van der Waals surface area contributed by atoms with Crippen LogP contribution >= 0.6 is 22.6 Å². The lowest BCUT2D eigenvalue weighted by molar-refractivity contribution is -0.251. The van der Waals surface area contributed by atoms with Crippen molar-refractivity contribution in [3.63, 3.8) is 0 Å². The number of nitrogens with zero attached hydrogens (tertiary/aromatic N) is 6. The minimum atomic E-state index is -1.62. The first-order chi connectivity index (χ1) is 26.5. The van der Waals surface area contributed by atoms with Crippen LogP contribution in [0.4, 0.5) is 11.6 Å². The van der Waals surface area contributed by atoms with Crippen LogP contribution in [0.2, 0.25) is 0 Å². The third kappa shape index (κ3) is 8.75. The van der Waals surface area contributed by atoms with Crippen LogP contribution < -0.4 is 11.5 Å². The molecule has 2 saturated heterocycles. The molecule has 1 unspecified atom stereocenters. The first-order valence-electron chi connectivity index (χ1n) is 18.3. The van der Waals surface area contributed by atoms with Gasteiger partial charge in [0.25, 0.3) is 0 Å². The van der Waals surface area contributed by atoms with Crippen molar-refractivity contribution in [2.45, 2.75) is 84.0 Å². The van der Waals surface area contributed by atoms with Crippen molar-refractivity contribution >= 4 is 51.2 Å². The van der Waals surface area contributed by atoms with Crippen LogP contribution in [0.5, 0.6) is 0 Å². The zero-order valence-corrected chi connectivity index (χ0v) is 33.4. The van der Waals surface area contributed by atoms with Crippen molar-refractivity contribution in [3.05, 3.63) is 118 Å². The SMILES string of the molecule is CC[C@H]1OC(=O)[C@H](OCc2ccccc2)[C@@H]1C.CC[C@H]1OC(O)(c2ccc3c(N)ncnn23)[C@H](OCc2ccccc2)[C@@H]1C.Nc1ncnn2c(I)ccc12. The molecule has 0 saturated carbocycles. The Morgan fingerprint density at radius 1 is 0.764 bits per heavy atom. The maximum Gasteiger partial charge on any atom is 0.335 e. The number of halogens is 1. The van der Waals surface area contributed by atoms with Crippen LogP contribution in [0.25, 0.3) is 11.0 Å². The maximum atomic E-state index is 11.6. The lowest BCUT2D eigenvalue weighted by Gasteiger charge is -2.29. The number of carbonyl (C=O) groups excluding carboxylic acids is 1. The molecular formula is C40H47IN8O6. The van der Waals surface area contributed by atoms with E-state index in [0.29, 0.717) is 36.1 Å². The van der Waals surface area contributed by atoms with Crippen molar-refractivity contribution in [3.8, 4) is 0 Å². The van der Waals surface area contributed by atoms with Gasteiger partial charge in [0.15, 0.2) is 17.7 Å². The zero-order valence-electron chi connectivity index (χ0n) is 31.2. The highest BCUT2D eigenvalue weighted by Gasteiger charge is 2.55. The summed E-state index contributed by atoms with van der Waals surface area (Å²) in [6.07, 6.45) is 3.35. The maximum absolute atomic E-state index is 11.6. The first kappa shape index (κ1) is 40.0. The number of cyclic esters (lactones) is 1. The van der Waals surface area contributed by atoms with Gasteiger partial charge in [0.2, 0.25) is 5.79 Å². The van der Waals surface area contributed by atoms with Crippen molar-refractivity contribution < 1.29 is 28.8 Å². The standard InChI is InChI=1S/C20H24N4O3.C14H18O3.C6H5IN4/c1-3-16-13(2)18(26-11-14-7-5-4-6-8-14)20(25,27-16)17-10-9-15-19(21)22-12-23-24(15)17;1-3-12-10(2)13(14(15)17-12)16-9-11-7-5-4-6-8-11;7-5-2-1-4-6(8)9-3-10-11(4)5/h4-10,12-13,16,18,25H,3,11H2,1-2H3,(H2,21,22,23);4-8,10,12-13H,3,9H2,1-2H3;1-3H,(H2,8,9,10)/t13-,16-,18-,20?;10-,12-,13-;/m11./s1. The molecule has 2 aliphatic rings. The molecule has 2 aliphatic heterocycles. The first-order valence-corrected chi connectivity index (χ1v) is 19.4. The van der Waals surface area contributed by atoms with E-state index in [4.69, 9.17) is 30.4 Å². The molecule has 8 rings (SSSR count). The number of carbonyl (C=O) groups is 1. The Balaban J connectivity index is 0.000000156. The Hall–Kier alpha value is -4.68. The van der Waals surface area contributed by atoms with E-state index in [1.54, 1.807) is 21.2 Å². The summed E-state index contributed by atoms with van der Waals surface area (Å²) in [5, 5.41) is 19.9. The smallest absolute Gasteiger partial charge is 0.335 e. The highest BCUT2D eigenvalue weighted by atomic mass is 127. The van der Waals surface area contributed by atoms with E-state index in [-0.39, 0.29) is 30.0 Å². The lowest BCUT2D eigenvalue weighted by Crippen LogP contribution is -2.41. The number of nitrogens with two attached hydrogens (primary N) is 2. The number of ether oxygens (including phenoxy) is 4. The molecule has 2 aromatic carbocycles. The number of hydrogen-bond acceptors (Lipinski definition) is 12. The van der Waals surface area contributed by atoms with Crippen LogP contribution in [0, 0.1) is 15.5 Å². The molecule has 0 spiro atoms. The molecule has 6 aromatic rings. The zero-order chi connectivity index (χ0) is 39.1. The second-order valence-electron chi connectivity index (χ2n) is 13.6. The Kier molecular flexibility index (Phi) is 13.0. The van der Waals surface area contributed by atoms with Gasteiger partial charge in [-0.1, -0.05) is 88.4 Å². The van der Waals surface area contributed by atoms with Crippen LogP contribution in [-0.4, -0.2) is 64.7 Å². The van der Waals surface area contributed by atoms with Gasteiger partial charge in [0.1, 0.15) is 45.3 Å². The topological polar surface area (TPSA) is 187 Å². The van der Waals surface area contributed by atoms with E-state index in [1.807, 2.05) is 100 Å². The second-order valence-corrected chi connectivity index (χ2v) is 14.7. The number of fused-ring (bicyclic) bond motifs is 2. The van der Waals surface area contributed by atoms with E-state index in [0.717, 1.165) is 33.2 Å². The van der Waals surface area contributed by atoms with Gasteiger partial charge in [-0.2, -0.15) is 10.2 Å². The molecule has 7 atom stereocenters. The van der Waals surface area contributed by atoms with Gasteiger partial charge in [0.05, 0.1) is 19.3 Å². The molecule has 4 aromatic heterocycles. The Morgan fingerprint density at radius 3 is 1.87 bits per heavy atom. The molecule has 290 valence electrons. The van der Waals surface area contributed by atoms with Crippen molar-refractivity contribution in [2.75, 3.05) is 11.5 Å². The molecule has 0 radical (unpaired) electrons. The monoisotopic (exact) mass is 862 g/mol. The number of benzene rings is 2. The third-order valence-corrected chi connectivity index (χ3v) is 10.8. The Bertz CT molecular complexity index is 2170. The van der Waals surface area contributed by atoms with Gasteiger partial charge in [-0.15, -0.1) is 0 Å². The van der Waals surface area contributed by atoms with E-state index < -0.39 is 18.0 Å². The molecule has 6 heterocycles. The lowest BCUT2D eigenvalue weighted by atomic mass is 9.93. The van der Waals surface area contributed by atoms with Gasteiger partial charge in [-0.05, 0) is 70.8 Å². The Morgan fingerprint density at radius 2 is 1.31 bits per heavy atom. The molecule has 0 amide bonds. The predicted octanol–water partition coefficient (Wildman–Crippen LogP) is 5.95. The normalized spacial score (nSPS) is 24.6. The number of aliphatic hydroxyl groups is 1. The summed E-state index contributed by atoms with van der Waals surface area (Å²) in [5.41, 5.74) is 15.6. The van der Waals surface area contributed by atoms with Crippen LogP contribution in [0.3, 0.4) is 0 Å². The average Bonchev–Trinajstić information content (AvgIpc) is 3.95. The second kappa shape index (κ2) is 17.8. The number of nitrogen functional groups attached to an aromatic ring is 2. The summed E-state index contributed by atoms with van der Waals surface area (Å²) in [7, 11) is 0. The summed E-state index contributed by atoms with van der Waals surface area (Å²) in [6.45, 7) is 8.96. The largest absolute Gasteiger partial charge is 0.460 e. The number of aromatic nitrogens is 6. The fourth-order valence-corrected chi connectivity index (χ4v) is 7.52. The Labute approximate surface area is 333 Å². The van der Waals surface area contributed by atoms with Gasteiger partial charge in [-0.3, -0.25) is 0 Å². The molecule has 14 nitrogen and oxygen atoms in total. The average molecular weight is 863 g/mol. The van der Waals surface area contributed by atoms with E-state index in [9.17, 15) is 9.90 Å². The van der Waals surface area contributed by atoms with E-state index in [1.165, 1.54) is 12.7 Å². The molecule has 0 bridgehead atoms. The fourth-order valence-electron chi connectivity index (χ4n) is 6.96. The van der Waals surface area contributed by atoms with Crippen molar-refractivity contribution in [1.82, 2.24) is 29.2 Å². The molecule has 55 heavy (non-hydrogen) atoms. The minimum absolute atomic E-state index is 0.00303. The van der Waals surface area contributed by atoms with Crippen molar-refractivity contribution in [2.24, 2.45) is 11.8 Å². The van der Waals surface area contributed by atoms with Crippen LogP contribution in [0.1, 0.15) is 57.4 Å². The van der Waals surface area contributed by atoms with E-state index in [2.05, 4.69) is 42.8 Å².